The van der Waals surface area contributed by atoms with Gasteiger partial charge in [0.1, 0.15) is 0 Å². The summed E-state index contributed by atoms with van der Waals surface area (Å²) in [5, 5.41) is 2.32. The molecule has 0 aromatic rings. The Morgan fingerprint density at radius 1 is 0.960 bits per heavy atom. The number of amides is 2. The number of ketones is 2. The van der Waals surface area contributed by atoms with Gasteiger partial charge in [-0.05, 0) is 31.6 Å². The molecular weight excluding hydrogens is 320 g/mol. The topological polar surface area (TPSA) is 83.6 Å². The molecule has 1 N–H and O–H groups in total. The Kier molecular flexibility index (Phi) is 5.06. The van der Waals surface area contributed by atoms with Crippen LogP contribution in [0.2, 0.25) is 0 Å². The number of hydrogen-bond acceptors (Lipinski definition) is 5. The predicted octanol–water partition coefficient (Wildman–Crippen LogP) is 1.59. The molecule has 2 heterocycles. The van der Waals surface area contributed by atoms with Crippen molar-refractivity contribution in [1.82, 2.24) is 10.2 Å². The van der Waals surface area contributed by atoms with Crippen molar-refractivity contribution in [3.63, 3.8) is 0 Å². The SMILES string of the molecule is CC1CC(C)C(=O)C(=C(CC2CC(=O)NC(=O)C2)N2CCCC2)C1=O. The molecule has 2 unspecified atom stereocenters. The summed E-state index contributed by atoms with van der Waals surface area (Å²) in [4.78, 5) is 51.1. The average Bonchev–Trinajstić information content (AvgIpc) is 3.05. The largest absolute Gasteiger partial charge is 0.374 e. The first-order valence-corrected chi connectivity index (χ1v) is 9.26. The molecule has 0 bridgehead atoms. The Balaban J connectivity index is 1.96. The number of imide groups is 1. The molecule has 136 valence electrons. The van der Waals surface area contributed by atoms with E-state index in [9.17, 15) is 19.2 Å². The van der Waals surface area contributed by atoms with Gasteiger partial charge >= 0.3 is 0 Å². The van der Waals surface area contributed by atoms with Crippen molar-refractivity contribution in [2.75, 3.05) is 13.1 Å². The van der Waals surface area contributed by atoms with Gasteiger partial charge in [0, 0.05) is 43.5 Å². The molecular formula is C19H26N2O4. The van der Waals surface area contributed by atoms with Crippen LogP contribution in [0.3, 0.4) is 0 Å². The smallest absolute Gasteiger partial charge is 0.226 e. The van der Waals surface area contributed by atoms with E-state index in [4.69, 9.17) is 0 Å². The van der Waals surface area contributed by atoms with Gasteiger partial charge in [-0.15, -0.1) is 0 Å². The predicted molar refractivity (Wildman–Crippen MR) is 91.3 cm³/mol. The lowest BCUT2D eigenvalue weighted by Crippen LogP contribution is -2.40. The number of piperidine rings is 1. The van der Waals surface area contributed by atoms with Crippen molar-refractivity contribution in [2.24, 2.45) is 17.8 Å². The average molecular weight is 346 g/mol. The monoisotopic (exact) mass is 346 g/mol. The molecule has 25 heavy (non-hydrogen) atoms. The molecule has 0 radical (unpaired) electrons. The zero-order valence-electron chi connectivity index (χ0n) is 15.0. The molecule has 2 amide bonds. The highest BCUT2D eigenvalue weighted by Crippen LogP contribution is 2.35. The number of allylic oxidation sites excluding steroid dienone is 2. The van der Waals surface area contributed by atoms with Gasteiger partial charge in [-0.3, -0.25) is 24.5 Å². The molecule has 0 aromatic carbocycles. The number of nitrogens with one attached hydrogen (secondary N) is 1. The number of rotatable bonds is 3. The van der Waals surface area contributed by atoms with Crippen molar-refractivity contribution in [3.05, 3.63) is 11.3 Å². The maximum absolute atomic E-state index is 12.8. The first kappa shape index (κ1) is 17.8. The number of likely N-dealkylation sites (tertiary alicyclic amines) is 1. The van der Waals surface area contributed by atoms with Gasteiger partial charge in [0.2, 0.25) is 11.8 Å². The van der Waals surface area contributed by atoms with E-state index >= 15 is 0 Å². The number of hydrogen-bond donors (Lipinski definition) is 1. The van der Waals surface area contributed by atoms with Gasteiger partial charge < -0.3 is 4.90 Å². The zero-order valence-corrected chi connectivity index (χ0v) is 15.0. The van der Waals surface area contributed by atoms with E-state index in [1.165, 1.54) is 0 Å². The molecule has 0 spiro atoms. The fourth-order valence-corrected chi connectivity index (χ4v) is 4.29. The Labute approximate surface area is 148 Å². The van der Waals surface area contributed by atoms with Crippen LogP contribution >= 0.6 is 0 Å². The lowest BCUT2D eigenvalue weighted by atomic mass is 9.76. The van der Waals surface area contributed by atoms with E-state index in [1.807, 2.05) is 13.8 Å². The summed E-state index contributed by atoms with van der Waals surface area (Å²) in [7, 11) is 0. The zero-order chi connectivity index (χ0) is 18.1. The molecule has 2 aliphatic heterocycles. The second-order valence-electron chi connectivity index (χ2n) is 7.73. The van der Waals surface area contributed by atoms with E-state index in [0.717, 1.165) is 31.6 Å². The molecule has 3 aliphatic rings. The molecule has 1 aliphatic carbocycles. The van der Waals surface area contributed by atoms with Gasteiger partial charge in [0.05, 0.1) is 5.57 Å². The minimum absolute atomic E-state index is 0.0726. The van der Waals surface area contributed by atoms with Crippen LogP contribution in [-0.2, 0) is 19.2 Å². The standard InChI is InChI=1S/C19H26N2O4/c1-11-7-12(2)19(25)17(18(11)24)14(21-5-3-4-6-21)8-13-9-15(22)20-16(23)10-13/h11-13H,3-10H2,1-2H3,(H,20,22,23). The van der Waals surface area contributed by atoms with Crippen LogP contribution in [0.25, 0.3) is 0 Å². The lowest BCUT2D eigenvalue weighted by molar-refractivity contribution is -0.135. The van der Waals surface area contributed by atoms with Gasteiger partial charge in [-0.2, -0.15) is 0 Å². The third-order valence-corrected chi connectivity index (χ3v) is 5.58. The summed E-state index contributed by atoms with van der Waals surface area (Å²) < 4.78 is 0. The third kappa shape index (κ3) is 3.67. The molecule has 2 atom stereocenters. The fraction of sp³-hybridized carbons (Fsp3) is 0.684. The van der Waals surface area contributed by atoms with Crippen LogP contribution in [0.1, 0.15) is 52.4 Å². The van der Waals surface area contributed by atoms with Crippen LogP contribution in [0, 0.1) is 17.8 Å². The highest BCUT2D eigenvalue weighted by atomic mass is 16.2. The van der Waals surface area contributed by atoms with Crippen molar-refractivity contribution in [1.29, 1.82) is 0 Å². The second kappa shape index (κ2) is 7.10. The molecule has 6 nitrogen and oxygen atoms in total. The first-order valence-electron chi connectivity index (χ1n) is 9.26. The number of Topliss-reactive ketones (excluding diaryl/α,β-unsaturated/α-hetero) is 2. The lowest BCUT2D eigenvalue weighted by Gasteiger charge is -2.32. The summed E-state index contributed by atoms with van der Waals surface area (Å²) >= 11 is 0. The third-order valence-electron chi connectivity index (χ3n) is 5.58. The van der Waals surface area contributed by atoms with E-state index in [-0.39, 0.29) is 54.0 Å². The van der Waals surface area contributed by atoms with Crippen molar-refractivity contribution in [2.45, 2.75) is 52.4 Å². The van der Waals surface area contributed by atoms with Crippen molar-refractivity contribution < 1.29 is 19.2 Å². The summed E-state index contributed by atoms with van der Waals surface area (Å²) in [5.41, 5.74) is 1.12. The van der Waals surface area contributed by atoms with Crippen LogP contribution in [-0.4, -0.2) is 41.4 Å². The van der Waals surface area contributed by atoms with Crippen molar-refractivity contribution >= 4 is 23.4 Å². The van der Waals surface area contributed by atoms with E-state index < -0.39 is 0 Å². The normalized spacial score (nSPS) is 28.6. The highest BCUT2D eigenvalue weighted by molar-refractivity contribution is 6.23. The molecule has 6 heteroatoms. The quantitative estimate of drug-likeness (QED) is 0.477. The van der Waals surface area contributed by atoms with Gasteiger partial charge in [-0.1, -0.05) is 13.8 Å². The van der Waals surface area contributed by atoms with Gasteiger partial charge in [0.25, 0.3) is 0 Å². The number of carbonyl (C=O) groups is 4. The Morgan fingerprint density at radius 3 is 2.00 bits per heavy atom. The summed E-state index contributed by atoms with van der Waals surface area (Å²) in [5.74, 6) is -1.14. The van der Waals surface area contributed by atoms with E-state index in [1.54, 1.807) is 0 Å². The highest BCUT2D eigenvalue weighted by Gasteiger charge is 2.39. The van der Waals surface area contributed by atoms with Gasteiger partial charge in [0.15, 0.2) is 11.6 Å². The second-order valence-corrected chi connectivity index (χ2v) is 7.73. The molecule has 2 saturated heterocycles. The van der Waals surface area contributed by atoms with E-state index in [0.29, 0.717) is 18.4 Å². The molecule has 0 aromatic heterocycles. The molecule has 3 fully saturated rings. The van der Waals surface area contributed by atoms with Gasteiger partial charge in [-0.25, -0.2) is 0 Å². The van der Waals surface area contributed by atoms with E-state index in [2.05, 4.69) is 10.2 Å². The summed E-state index contributed by atoms with van der Waals surface area (Å²) in [6.07, 6.45) is 3.65. The minimum atomic E-state index is -0.268. The Morgan fingerprint density at radius 2 is 1.48 bits per heavy atom. The fourth-order valence-electron chi connectivity index (χ4n) is 4.29. The van der Waals surface area contributed by atoms with Crippen molar-refractivity contribution in [3.8, 4) is 0 Å². The van der Waals surface area contributed by atoms with Crippen LogP contribution < -0.4 is 5.32 Å². The van der Waals surface area contributed by atoms with Crippen LogP contribution in [0.5, 0.6) is 0 Å². The maximum atomic E-state index is 12.8. The number of nitrogens with zero attached hydrogens (tertiary/aromatic N) is 1. The Bertz CT molecular complexity index is 608. The Hall–Kier alpha value is -1.98. The molecule has 3 rings (SSSR count). The first-order chi connectivity index (χ1) is 11.9. The summed E-state index contributed by atoms with van der Waals surface area (Å²) in [6.45, 7) is 5.42. The summed E-state index contributed by atoms with van der Waals surface area (Å²) in [6, 6.07) is 0. The molecule has 1 saturated carbocycles. The van der Waals surface area contributed by atoms with Crippen LogP contribution in [0.4, 0.5) is 0 Å². The minimum Gasteiger partial charge on any atom is -0.374 e. The maximum Gasteiger partial charge on any atom is 0.226 e. The van der Waals surface area contributed by atoms with Crippen LogP contribution in [0.15, 0.2) is 11.3 Å². The number of carbonyl (C=O) groups excluding carboxylic acids is 4.